The zero-order chi connectivity index (χ0) is 17.7. The summed E-state index contributed by atoms with van der Waals surface area (Å²) < 4.78 is 5.77. The number of hydrogen-bond acceptors (Lipinski definition) is 4. The Labute approximate surface area is 150 Å². The summed E-state index contributed by atoms with van der Waals surface area (Å²) in [6.45, 7) is 2.12. The molecule has 1 aromatic rings. The van der Waals surface area contributed by atoms with Gasteiger partial charge in [-0.3, -0.25) is 4.79 Å². The Bertz CT molecular complexity index is 694. The first-order valence-electron chi connectivity index (χ1n) is 7.95. The SMILES string of the molecule is COc1cc(Br)cc(/C=C(\C#N)C(=O)N[C@@H]2CCCC[C@@H]2C)c1O. The number of aromatic hydroxyl groups is 1. The minimum atomic E-state index is -0.408. The van der Waals surface area contributed by atoms with Crippen molar-refractivity contribution < 1.29 is 14.6 Å². The number of carbonyl (C=O) groups is 1. The number of nitrogens with one attached hydrogen (secondary N) is 1. The average molecular weight is 393 g/mol. The minimum Gasteiger partial charge on any atom is -0.504 e. The molecule has 24 heavy (non-hydrogen) atoms. The number of phenolic OH excluding ortho intramolecular Hbond substituents is 1. The van der Waals surface area contributed by atoms with Crippen LogP contribution in [0.1, 0.15) is 38.2 Å². The van der Waals surface area contributed by atoms with Crippen molar-refractivity contribution in [1.29, 1.82) is 5.26 Å². The van der Waals surface area contributed by atoms with E-state index in [-0.39, 0.29) is 23.1 Å². The highest BCUT2D eigenvalue weighted by molar-refractivity contribution is 9.10. The van der Waals surface area contributed by atoms with E-state index in [0.717, 1.165) is 19.3 Å². The second-order valence-electron chi connectivity index (χ2n) is 6.06. The number of phenols is 1. The standard InChI is InChI=1S/C18H21BrN2O3/c1-11-5-3-4-6-15(11)21-18(23)13(10-20)7-12-8-14(19)9-16(24-2)17(12)22/h7-9,11,15,22H,3-6H2,1-2H3,(H,21,23)/b13-7+/t11-,15+/m0/s1. The molecule has 0 bridgehead atoms. The number of benzene rings is 1. The summed E-state index contributed by atoms with van der Waals surface area (Å²) in [6.07, 6.45) is 5.66. The Hall–Kier alpha value is -2.00. The summed E-state index contributed by atoms with van der Waals surface area (Å²) >= 11 is 3.32. The average Bonchev–Trinajstić information content (AvgIpc) is 2.57. The molecule has 0 aliphatic heterocycles. The van der Waals surface area contributed by atoms with Gasteiger partial charge in [-0.05, 0) is 37.0 Å². The van der Waals surface area contributed by atoms with Gasteiger partial charge in [-0.1, -0.05) is 35.7 Å². The second-order valence-corrected chi connectivity index (χ2v) is 6.97. The van der Waals surface area contributed by atoms with Gasteiger partial charge in [-0.2, -0.15) is 5.26 Å². The molecule has 1 aromatic carbocycles. The molecule has 6 heteroatoms. The predicted molar refractivity (Wildman–Crippen MR) is 95.5 cm³/mol. The van der Waals surface area contributed by atoms with Gasteiger partial charge in [0.05, 0.1) is 7.11 Å². The third kappa shape index (κ3) is 4.30. The Kier molecular flexibility index (Phi) is 6.27. The first-order chi connectivity index (χ1) is 11.5. The van der Waals surface area contributed by atoms with E-state index in [4.69, 9.17) is 4.74 Å². The molecule has 1 aliphatic carbocycles. The molecule has 128 valence electrons. The topological polar surface area (TPSA) is 82.3 Å². The van der Waals surface area contributed by atoms with Crippen molar-refractivity contribution in [1.82, 2.24) is 5.32 Å². The molecule has 5 nitrogen and oxygen atoms in total. The van der Waals surface area contributed by atoms with Gasteiger partial charge in [0, 0.05) is 16.1 Å². The lowest BCUT2D eigenvalue weighted by Gasteiger charge is -2.29. The first-order valence-corrected chi connectivity index (χ1v) is 8.74. The first kappa shape index (κ1) is 18.3. The summed E-state index contributed by atoms with van der Waals surface area (Å²) in [5.41, 5.74) is 0.313. The molecule has 1 aliphatic rings. The molecule has 1 saturated carbocycles. The molecule has 0 aromatic heterocycles. The Balaban J connectivity index is 2.24. The van der Waals surface area contributed by atoms with Crippen molar-refractivity contribution in [2.45, 2.75) is 38.6 Å². The molecule has 2 rings (SSSR count). The molecule has 0 radical (unpaired) electrons. The van der Waals surface area contributed by atoms with Crippen molar-refractivity contribution in [2.24, 2.45) is 5.92 Å². The molecule has 0 heterocycles. The number of amides is 1. The zero-order valence-electron chi connectivity index (χ0n) is 13.8. The summed E-state index contributed by atoms with van der Waals surface area (Å²) in [4.78, 5) is 12.4. The third-order valence-electron chi connectivity index (χ3n) is 4.38. The number of hydrogen-bond donors (Lipinski definition) is 2. The monoisotopic (exact) mass is 392 g/mol. The van der Waals surface area contributed by atoms with Gasteiger partial charge < -0.3 is 15.2 Å². The van der Waals surface area contributed by atoms with Crippen LogP contribution in [-0.2, 0) is 4.79 Å². The number of ether oxygens (including phenoxy) is 1. The molecule has 1 amide bonds. The van der Waals surface area contributed by atoms with E-state index in [1.54, 1.807) is 12.1 Å². The van der Waals surface area contributed by atoms with E-state index < -0.39 is 5.91 Å². The fourth-order valence-corrected chi connectivity index (χ4v) is 3.40. The van der Waals surface area contributed by atoms with Crippen molar-refractivity contribution in [2.75, 3.05) is 7.11 Å². The van der Waals surface area contributed by atoms with Gasteiger partial charge >= 0.3 is 0 Å². The summed E-state index contributed by atoms with van der Waals surface area (Å²) in [5.74, 6) is 0.165. The number of carbonyl (C=O) groups excluding carboxylic acids is 1. The zero-order valence-corrected chi connectivity index (χ0v) is 15.4. The number of halogens is 1. The quantitative estimate of drug-likeness (QED) is 0.603. The van der Waals surface area contributed by atoms with Gasteiger partial charge in [0.25, 0.3) is 5.91 Å². The van der Waals surface area contributed by atoms with E-state index in [1.165, 1.54) is 19.6 Å². The maximum Gasteiger partial charge on any atom is 0.262 e. The fraction of sp³-hybridized carbons (Fsp3) is 0.444. The number of rotatable bonds is 4. The van der Waals surface area contributed by atoms with Crippen LogP contribution in [-0.4, -0.2) is 24.2 Å². The largest absolute Gasteiger partial charge is 0.504 e. The van der Waals surface area contributed by atoms with Crippen LogP contribution in [0.5, 0.6) is 11.5 Å². The summed E-state index contributed by atoms with van der Waals surface area (Å²) in [5, 5.41) is 22.5. The fourth-order valence-electron chi connectivity index (χ4n) is 2.94. The molecule has 2 atom stereocenters. The highest BCUT2D eigenvalue weighted by atomic mass is 79.9. The second kappa shape index (κ2) is 8.20. The van der Waals surface area contributed by atoms with Crippen molar-refractivity contribution in [3.05, 3.63) is 27.7 Å². The van der Waals surface area contributed by atoms with Crippen molar-refractivity contribution in [3.8, 4) is 17.6 Å². The van der Waals surface area contributed by atoms with Crippen molar-refractivity contribution >= 4 is 27.9 Å². The molecule has 0 spiro atoms. The van der Waals surface area contributed by atoms with Crippen LogP contribution in [0, 0.1) is 17.2 Å². The number of methoxy groups -OCH3 is 1. The van der Waals surface area contributed by atoms with Crippen LogP contribution in [0.25, 0.3) is 6.08 Å². The summed E-state index contributed by atoms with van der Waals surface area (Å²) in [6, 6.07) is 5.26. The molecular weight excluding hydrogens is 372 g/mol. The highest BCUT2D eigenvalue weighted by Gasteiger charge is 2.24. The lowest BCUT2D eigenvalue weighted by molar-refractivity contribution is -0.118. The predicted octanol–water partition coefficient (Wildman–Crippen LogP) is 3.77. The smallest absolute Gasteiger partial charge is 0.262 e. The van der Waals surface area contributed by atoms with Gasteiger partial charge in [-0.25, -0.2) is 0 Å². The number of nitrogens with zero attached hydrogens (tertiary/aromatic N) is 1. The van der Waals surface area contributed by atoms with Crippen LogP contribution in [0.4, 0.5) is 0 Å². The molecule has 0 saturated heterocycles. The van der Waals surface area contributed by atoms with Gasteiger partial charge in [0.1, 0.15) is 11.6 Å². The van der Waals surface area contributed by atoms with Crippen LogP contribution in [0.15, 0.2) is 22.2 Å². The maximum atomic E-state index is 12.4. The van der Waals surface area contributed by atoms with Crippen LogP contribution >= 0.6 is 15.9 Å². The molecule has 1 fully saturated rings. The number of nitriles is 1. The lowest BCUT2D eigenvalue weighted by Crippen LogP contribution is -2.41. The van der Waals surface area contributed by atoms with Gasteiger partial charge in [0.15, 0.2) is 11.5 Å². The molecule has 0 unspecified atom stereocenters. The van der Waals surface area contributed by atoms with Crippen LogP contribution in [0.3, 0.4) is 0 Å². The van der Waals surface area contributed by atoms with Gasteiger partial charge in [0.2, 0.25) is 0 Å². The maximum absolute atomic E-state index is 12.4. The normalized spacial score (nSPS) is 21.0. The van der Waals surface area contributed by atoms with E-state index in [1.807, 2.05) is 6.07 Å². The van der Waals surface area contributed by atoms with Crippen molar-refractivity contribution in [3.63, 3.8) is 0 Å². The summed E-state index contributed by atoms with van der Waals surface area (Å²) in [7, 11) is 1.44. The third-order valence-corrected chi connectivity index (χ3v) is 4.84. The Morgan fingerprint density at radius 1 is 1.46 bits per heavy atom. The van der Waals surface area contributed by atoms with E-state index in [2.05, 4.69) is 28.2 Å². The molecule has 2 N–H and O–H groups in total. The van der Waals surface area contributed by atoms with E-state index in [9.17, 15) is 15.2 Å². The molecular formula is C18H21BrN2O3. The van der Waals surface area contributed by atoms with E-state index >= 15 is 0 Å². The van der Waals surface area contributed by atoms with Crippen LogP contribution in [0.2, 0.25) is 0 Å². The lowest BCUT2D eigenvalue weighted by atomic mass is 9.86. The van der Waals surface area contributed by atoms with Gasteiger partial charge in [-0.15, -0.1) is 0 Å². The Morgan fingerprint density at radius 3 is 2.79 bits per heavy atom. The Morgan fingerprint density at radius 2 is 2.17 bits per heavy atom. The van der Waals surface area contributed by atoms with E-state index in [0.29, 0.717) is 16.0 Å². The minimum absolute atomic E-state index is 0.0387. The highest BCUT2D eigenvalue weighted by Crippen LogP contribution is 2.35. The van der Waals surface area contributed by atoms with Crippen LogP contribution < -0.4 is 10.1 Å².